The van der Waals surface area contributed by atoms with E-state index >= 15 is 0 Å². The van der Waals surface area contributed by atoms with Crippen molar-refractivity contribution in [2.24, 2.45) is 0 Å². The molecular formula is C27H24N4O5S. The standard InChI is InChI=1S/C27H24N4O5S/c1-2-3-4-7-16-35-19-12-10-18(11-13-19)25-28-27-30(29-25)26(32)24(37-27)17-20-14-15-23(36-20)21-8-5-6-9-22(21)31(33)34/h5-6,8-15,17H,2-4,7,16H2,1H3/b24-17+. The second kappa shape index (κ2) is 10.8. The van der Waals surface area contributed by atoms with E-state index in [-0.39, 0.29) is 11.2 Å². The van der Waals surface area contributed by atoms with Crippen LogP contribution in [-0.2, 0) is 0 Å². The van der Waals surface area contributed by atoms with Crippen LogP contribution in [0.2, 0.25) is 0 Å². The zero-order chi connectivity index (χ0) is 25.8. The van der Waals surface area contributed by atoms with Gasteiger partial charge >= 0.3 is 0 Å². The minimum atomic E-state index is -0.455. The summed E-state index contributed by atoms with van der Waals surface area (Å²) in [7, 11) is 0. The van der Waals surface area contributed by atoms with Crippen molar-refractivity contribution in [3.05, 3.63) is 91.4 Å². The van der Waals surface area contributed by atoms with Gasteiger partial charge < -0.3 is 9.15 Å². The number of unbranched alkanes of at least 4 members (excludes halogenated alkanes) is 3. The fourth-order valence-electron chi connectivity index (χ4n) is 3.92. The molecule has 10 heteroatoms. The van der Waals surface area contributed by atoms with Crippen molar-refractivity contribution >= 4 is 28.1 Å². The molecule has 0 aliphatic carbocycles. The lowest BCUT2D eigenvalue weighted by Gasteiger charge is -2.06. The van der Waals surface area contributed by atoms with Gasteiger partial charge in [-0.25, -0.2) is 0 Å². The van der Waals surface area contributed by atoms with E-state index in [0.29, 0.717) is 39.0 Å². The number of nitro benzene ring substituents is 1. The molecule has 0 N–H and O–H groups in total. The zero-order valence-electron chi connectivity index (χ0n) is 20.1. The Bertz CT molecular complexity index is 1650. The van der Waals surface area contributed by atoms with Crippen molar-refractivity contribution in [3.63, 3.8) is 0 Å². The summed E-state index contributed by atoms with van der Waals surface area (Å²) in [6, 6.07) is 17.2. The third-order valence-corrected chi connectivity index (χ3v) is 6.79. The maximum atomic E-state index is 12.9. The van der Waals surface area contributed by atoms with Gasteiger partial charge in [0.15, 0.2) is 5.82 Å². The molecule has 188 valence electrons. The van der Waals surface area contributed by atoms with Crippen LogP contribution < -0.4 is 14.8 Å². The summed E-state index contributed by atoms with van der Waals surface area (Å²) in [6.07, 6.45) is 6.20. The molecule has 0 unspecified atom stereocenters. The molecule has 0 saturated heterocycles. The van der Waals surface area contributed by atoms with Gasteiger partial charge in [-0.1, -0.05) is 49.7 Å². The number of para-hydroxylation sites is 1. The Labute approximate surface area is 215 Å². The van der Waals surface area contributed by atoms with Gasteiger partial charge in [0.25, 0.3) is 11.2 Å². The molecule has 0 amide bonds. The summed E-state index contributed by atoms with van der Waals surface area (Å²) >= 11 is 1.20. The predicted octanol–water partition coefficient (Wildman–Crippen LogP) is 5.49. The van der Waals surface area contributed by atoms with E-state index in [1.165, 1.54) is 34.8 Å². The Kier molecular flexibility index (Phi) is 7.09. The summed E-state index contributed by atoms with van der Waals surface area (Å²) in [5, 5.41) is 15.7. The quantitative estimate of drug-likeness (QED) is 0.137. The van der Waals surface area contributed by atoms with Crippen molar-refractivity contribution in [2.75, 3.05) is 6.61 Å². The fourth-order valence-corrected chi connectivity index (χ4v) is 4.81. The van der Waals surface area contributed by atoms with Crippen LogP contribution in [0, 0.1) is 10.1 Å². The number of hydrogen-bond acceptors (Lipinski definition) is 8. The molecule has 3 aromatic heterocycles. The number of benzene rings is 2. The molecule has 0 saturated carbocycles. The van der Waals surface area contributed by atoms with Gasteiger partial charge in [-0.3, -0.25) is 14.9 Å². The van der Waals surface area contributed by atoms with Crippen LogP contribution in [0.3, 0.4) is 0 Å². The number of hydrogen-bond donors (Lipinski definition) is 0. The molecule has 0 radical (unpaired) electrons. The largest absolute Gasteiger partial charge is 0.494 e. The summed E-state index contributed by atoms with van der Waals surface area (Å²) < 4.78 is 13.2. The maximum Gasteiger partial charge on any atom is 0.291 e. The lowest BCUT2D eigenvalue weighted by Crippen LogP contribution is -2.23. The predicted molar refractivity (Wildman–Crippen MR) is 142 cm³/mol. The number of furan rings is 1. The van der Waals surface area contributed by atoms with Crippen molar-refractivity contribution in [2.45, 2.75) is 32.6 Å². The van der Waals surface area contributed by atoms with E-state index in [4.69, 9.17) is 9.15 Å². The van der Waals surface area contributed by atoms with Gasteiger partial charge in [-0.2, -0.15) is 9.50 Å². The van der Waals surface area contributed by atoms with Crippen molar-refractivity contribution in [1.82, 2.24) is 14.6 Å². The number of nitro groups is 1. The molecule has 37 heavy (non-hydrogen) atoms. The van der Waals surface area contributed by atoms with Crippen molar-refractivity contribution in [1.29, 1.82) is 0 Å². The number of thiazole rings is 1. The first-order valence-corrected chi connectivity index (χ1v) is 12.8. The molecule has 0 atom stereocenters. The second-order valence-corrected chi connectivity index (χ2v) is 9.46. The summed E-state index contributed by atoms with van der Waals surface area (Å²) in [6.45, 7) is 2.87. The topological polar surface area (TPSA) is 113 Å². The second-order valence-electron chi connectivity index (χ2n) is 8.46. The molecule has 5 aromatic rings. The molecular weight excluding hydrogens is 492 g/mol. The molecule has 0 spiro atoms. The van der Waals surface area contributed by atoms with Gasteiger partial charge in [-0.15, -0.1) is 5.10 Å². The van der Waals surface area contributed by atoms with Crippen LogP contribution in [0.25, 0.3) is 33.7 Å². The Morgan fingerprint density at radius 2 is 1.89 bits per heavy atom. The van der Waals surface area contributed by atoms with Crippen LogP contribution in [0.1, 0.15) is 38.4 Å². The number of fused-ring (bicyclic) bond motifs is 1. The first kappa shape index (κ1) is 24.4. The van der Waals surface area contributed by atoms with Gasteiger partial charge in [0.2, 0.25) is 4.96 Å². The number of nitrogens with zero attached hydrogens (tertiary/aromatic N) is 4. The van der Waals surface area contributed by atoms with Gasteiger partial charge in [0, 0.05) is 17.7 Å². The van der Waals surface area contributed by atoms with Crippen LogP contribution in [-0.4, -0.2) is 26.1 Å². The SMILES string of the molecule is CCCCCCOc1ccc(-c2nc3s/c(=C/c4ccc(-c5ccccc5[N+](=O)[O-])o4)c(=O)n3n2)cc1. The lowest BCUT2D eigenvalue weighted by atomic mass is 10.1. The first-order chi connectivity index (χ1) is 18.0. The Morgan fingerprint density at radius 1 is 1.08 bits per heavy atom. The summed E-state index contributed by atoms with van der Waals surface area (Å²) in [5.74, 6) is 2.00. The number of ether oxygens (including phenoxy) is 1. The van der Waals surface area contributed by atoms with Gasteiger partial charge in [0.1, 0.15) is 21.8 Å². The minimum absolute atomic E-state index is 0.0502. The van der Waals surface area contributed by atoms with E-state index in [0.717, 1.165) is 24.2 Å². The molecule has 3 heterocycles. The van der Waals surface area contributed by atoms with Crippen molar-refractivity contribution in [3.8, 4) is 28.5 Å². The minimum Gasteiger partial charge on any atom is -0.494 e. The molecule has 9 nitrogen and oxygen atoms in total. The first-order valence-electron chi connectivity index (χ1n) is 12.0. The number of aromatic nitrogens is 3. The van der Waals surface area contributed by atoms with Crippen LogP contribution in [0.5, 0.6) is 5.75 Å². The molecule has 2 aromatic carbocycles. The van der Waals surface area contributed by atoms with Gasteiger partial charge in [0.05, 0.1) is 17.1 Å². The highest BCUT2D eigenvalue weighted by Crippen LogP contribution is 2.31. The van der Waals surface area contributed by atoms with E-state index in [1.54, 1.807) is 36.4 Å². The average Bonchev–Trinajstić information content (AvgIpc) is 3.62. The monoisotopic (exact) mass is 516 g/mol. The summed E-state index contributed by atoms with van der Waals surface area (Å²) in [4.78, 5) is 28.8. The summed E-state index contributed by atoms with van der Waals surface area (Å²) in [5.41, 5.74) is 0.800. The molecule has 0 fully saturated rings. The Hall–Kier alpha value is -4.31. The normalized spacial score (nSPS) is 11.9. The lowest BCUT2D eigenvalue weighted by molar-refractivity contribution is -0.384. The van der Waals surface area contributed by atoms with Crippen LogP contribution in [0.15, 0.2) is 69.9 Å². The third-order valence-electron chi connectivity index (χ3n) is 5.83. The maximum absolute atomic E-state index is 12.9. The molecule has 5 rings (SSSR count). The van der Waals surface area contributed by atoms with E-state index in [2.05, 4.69) is 17.0 Å². The average molecular weight is 517 g/mol. The highest BCUT2D eigenvalue weighted by Gasteiger charge is 2.17. The van der Waals surface area contributed by atoms with Crippen LogP contribution >= 0.6 is 11.3 Å². The van der Waals surface area contributed by atoms with Gasteiger partial charge in [-0.05, 0) is 48.9 Å². The molecule has 0 bridgehead atoms. The molecule has 0 aliphatic heterocycles. The van der Waals surface area contributed by atoms with E-state index in [1.807, 2.05) is 24.3 Å². The Morgan fingerprint density at radius 3 is 2.65 bits per heavy atom. The number of rotatable bonds is 10. The van der Waals surface area contributed by atoms with E-state index < -0.39 is 4.92 Å². The highest BCUT2D eigenvalue weighted by atomic mass is 32.1. The van der Waals surface area contributed by atoms with Crippen molar-refractivity contribution < 1.29 is 14.1 Å². The smallest absolute Gasteiger partial charge is 0.291 e. The van der Waals surface area contributed by atoms with Crippen LogP contribution in [0.4, 0.5) is 5.69 Å². The third kappa shape index (κ3) is 5.29. The zero-order valence-corrected chi connectivity index (χ0v) is 20.9. The van der Waals surface area contributed by atoms with E-state index in [9.17, 15) is 14.9 Å². The fraction of sp³-hybridized carbons (Fsp3) is 0.222. The highest BCUT2D eigenvalue weighted by molar-refractivity contribution is 7.15. The molecule has 0 aliphatic rings. The Balaban J connectivity index is 1.34.